The van der Waals surface area contributed by atoms with Crippen molar-refractivity contribution in [2.75, 3.05) is 31.1 Å². The summed E-state index contributed by atoms with van der Waals surface area (Å²) in [5.74, 6) is 0.962. The van der Waals surface area contributed by atoms with Crippen LogP contribution in [0.1, 0.15) is 4.88 Å². The van der Waals surface area contributed by atoms with Gasteiger partial charge in [-0.2, -0.15) is 0 Å². The topological polar surface area (TPSA) is 53.7 Å². The van der Waals surface area contributed by atoms with E-state index in [9.17, 15) is 4.79 Å². The summed E-state index contributed by atoms with van der Waals surface area (Å²) in [7, 11) is 0. The summed E-state index contributed by atoms with van der Waals surface area (Å²) in [6, 6.07) is 7.63. The summed E-state index contributed by atoms with van der Waals surface area (Å²) in [5, 5.41) is 11.1. The third kappa shape index (κ3) is 2.97. The van der Waals surface area contributed by atoms with E-state index in [0.29, 0.717) is 24.5 Å². The minimum absolute atomic E-state index is 0.186. The van der Waals surface area contributed by atoms with Crippen LogP contribution in [-0.4, -0.2) is 51.6 Å². The Morgan fingerprint density at radius 1 is 1.17 bits per heavy atom. The van der Waals surface area contributed by atoms with Crippen molar-refractivity contribution in [3.63, 3.8) is 0 Å². The first-order chi connectivity index (χ1) is 11.7. The molecule has 8 heteroatoms. The zero-order valence-corrected chi connectivity index (χ0v) is 14.5. The molecule has 1 aliphatic rings. The Morgan fingerprint density at radius 3 is 2.75 bits per heavy atom. The molecular weight excluding hydrogens is 346 g/mol. The van der Waals surface area contributed by atoms with Crippen molar-refractivity contribution < 1.29 is 4.79 Å². The van der Waals surface area contributed by atoms with E-state index in [-0.39, 0.29) is 5.91 Å². The number of thiophene rings is 1. The highest BCUT2D eigenvalue weighted by Gasteiger charge is 2.24. The monoisotopic (exact) mass is 361 g/mol. The van der Waals surface area contributed by atoms with Gasteiger partial charge in [0.05, 0.1) is 11.4 Å². The van der Waals surface area contributed by atoms with Crippen LogP contribution < -0.4 is 4.90 Å². The number of fused-ring (bicyclic) bond motifs is 1. The molecule has 0 spiro atoms. The van der Waals surface area contributed by atoms with Crippen molar-refractivity contribution in [3.05, 3.63) is 45.7 Å². The summed E-state index contributed by atoms with van der Waals surface area (Å²) >= 11 is 7.70. The van der Waals surface area contributed by atoms with Crippen molar-refractivity contribution in [1.82, 2.24) is 19.5 Å². The molecule has 0 N–H and O–H groups in total. The molecular formula is C16H16ClN5OS. The lowest BCUT2D eigenvalue weighted by molar-refractivity contribution is -0.130. The SMILES string of the molecule is O=C(Cc1cccs1)N1CCN(c2nnc3ccc(Cl)cn23)CC1. The van der Waals surface area contributed by atoms with Gasteiger partial charge < -0.3 is 9.80 Å². The maximum Gasteiger partial charge on any atom is 0.231 e. The second-order valence-corrected chi connectivity index (χ2v) is 7.17. The average Bonchev–Trinajstić information content (AvgIpc) is 3.24. The summed E-state index contributed by atoms with van der Waals surface area (Å²) in [6.45, 7) is 2.87. The standard InChI is InChI=1S/C16H16ClN5OS/c17-12-3-4-14-18-19-16(22(14)11-12)21-7-5-20(6-8-21)15(23)10-13-2-1-9-24-13/h1-4,9,11H,5-8,10H2. The molecule has 0 bridgehead atoms. The normalized spacial score (nSPS) is 15.2. The lowest BCUT2D eigenvalue weighted by Crippen LogP contribution is -2.49. The fourth-order valence-electron chi connectivity index (χ4n) is 2.90. The highest BCUT2D eigenvalue weighted by molar-refractivity contribution is 7.10. The summed E-state index contributed by atoms with van der Waals surface area (Å²) in [6.07, 6.45) is 2.31. The second-order valence-electron chi connectivity index (χ2n) is 5.70. The Labute approximate surface area is 148 Å². The Bertz CT molecular complexity index is 855. The molecule has 3 aromatic heterocycles. The molecule has 0 unspecified atom stereocenters. The van der Waals surface area contributed by atoms with E-state index >= 15 is 0 Å². The number of piperazine rings is 1. The molecule has 24 heavy (non-hydrogen) atoms. The van der Waals surface area contributed by atoms with Crippen molar-refractivity contribution in [1.29, 1.82) is 0 Å². The first kappa shape index (κ1) is 15.4. The van der Waals surface area contributed by atoms with Gasteiger partial charge in [-0.3, -0.25) is 9.20 Å². The van der Waals surface area contributed by atoms with E-state index < -0.39 is 0 Å². The molecule has 4 heterocycles. The van der Waals surface area contributed by atoms with Crippen LogP contribution in [-0.2, 0) is 11.2 Å². The predicted octanol–water partition coefficient (Wildman–Crippen LogP) is 2.34. The van der Waals surface area contributed by atoms with Crippen LogP contribution in [0.25, 0.3) is 5.65 Å². The lowest BCUT2D eigenvalue weighted by atomic mass is 10.2. The number of carbonyl (C=O) groups is 1. The third-order valence-electron chi connectivity index (χ3n) is 4.17. The van der Waals surface area contributed by atoms with E-state index in [2.05, 4.69) is 15.1 Å². The van der Waals surface area contributed by atoms with Crippen LogP contribution >= 0.6 is 22.9 Å². The minimum atomic E-state index is 0.186. The van der Waals surface area contributed by atoms with Gasteiger partial charge in [0.2, 0.25) is 11.9 Å². The molecule has 1 saturated heterocycles. The van der Waals surface area contributed by atoms with Gasteiger partial charge in [0.25, 0.3) is 0 Å². The molecule has 1 amide bonds. The van der Waals surface area contributed by atoms with Crippen LogP contribution in [0.5, 0.6) is 0 Å². The second kappa shape index (κ2) is 6.41. The summed E-state index contributed by atoms with van der Waals surface area (Å²) in [4.78, 5) is 17.6. The Hall–Kier alpha value is -2.12. The zero-order valence-electron chi connectivity index (χ0n) is 12.9. The van der Waals surface area contributed by atoms with Gasteiger partial charge in [-0.15, -0.1) is 21.5 Å². The van der Waals surface area contributed by atoms with E-state index in [4.69, 9.17) is 11.6 Å². The van der Waals surface area contributed by atoms with Gasteiger partial charge in [0.1, 0.15) is 0 Å². The van der Waals surface area contributed by atoms with Gasteiger partial charge in [0.15, 0.2) is 5.65 Å². The number of anilines is 1. The van der Waals surface area contributed by atoms with Crippen molar-refractivity contribution in [3.8, 4) is 0 Å². The largest absolute Gasteiger partial charge is 0.339 e. The number of hydrogen-bond donors (Lipinski definition) is 0. The highest BCUT2D eigenvalue weighted by Crippen LogP contribution is 2.19. The minimum Gasteiger partial charge on any atom is -0.339 e. The van der Waals surface area contributed by atoms with Crippen molar-refractivity contribution in [2.45, 2.75) is 6.42 Å². The number of aromatic nitrogens is 3. The van der Waals surface area contributed by atoms with Crippen molar-refractivity contribution in [2.24, 2.45) is 0 Å². The van der Waals surface area contributed by atoms with E-state index in [1.807, 2.05) is 39.1 Å². The molecule has 124 valence electrons. The quantitative estimate of drug-likeness (QED) is 0.718. The average molecular weight is 362 g/mol. The Kier molecular flexibility index (Phi) is 4.12. The van der Waals surface area contributed by atoms with Gasteiger partial charge in [-0.05, 0) is 23.6 Å². The smallest absolute Gasteiger partial charge is 0.231 e. The summed E-state index contributed by atoms with van der Waals surface area (Å²) in [5.41, 5.74) is 0.769. The van der Waals surface area contributed by atoms with E-state index in [0.717, 1.165) is 29.6 Å². The van der Waals surface area contributed by atoms with E-state index in [1.54, 1.807) is 17.4 Å². The molecule has 6 nitrogen and oxygen atoms in total. The lowest BCUT2D eigenvalue weighted by Gasteiger charge is -2.34. The molecule has 0 aliphatic carbocycles. The maximum absolute atomic E-state index is 12.4. The molecule has 1 fully saturated rings. The van der Waals surface area contributed by atoms with Crippen LogP contribution in [0.3, 0.4) is 0 Å². The maximum atomic E-state index is 12.4. The molecule has 4 rings (SSSR count). The zero-order chi connectivity index (χ0) is 16.5. The molecule has 0 radical (unpaired) electrons. The van der Waals surface area contributed by atoms with Crippen LogP contribution in [0.15, 0.2) is 35.8 Å². The van der Waals surface area contributed by atoms with E-state index in [1.165, 1.54) is 0 Å². The number of amides is 1. The summed E-state index contributed by atoms with van der Waals surface area (Å²) < 4.78 is 1.89. The highest BCUT2D eigenvalue weighted by atomic mass is 35.5. The molecule has 0 saturated carbocycles. The fourth-order valence-corrected chi connectivity index (χ4v) is 3.75. The van der Waals surface area contributed by atoms with Crippen LogP contribution in [0.4, 0.5) is 5.95 Å². The van der Waals surface area contributed by atoms with Crippen LogP contribution in [0, 0.1) is 0 Å². The number of nitrogens with zero attached hydrogens (tertiary/aromatic N) is 5. The van der Waals surface area contributed by atoms with Gasteiger partial charge in [-0.1, -0.05) is 17.7 Å². The van der Waals surface area contributed by atoms with Gasteiger partial charge in [0, 0.05) is 37.3 Å². The first-order valence-electron chi connectivity index (χ1n) is 7.76. The third-order valence-corrected chi connectivity index (χ3v) is 5.27. The molecule has 3 aromatic rings. The Morgan fingerprint density at radius 2 is 2.00 bits per heavy atom. The van der Waals surface area contributed by atoms with Crippen molar-refractivity contribution >= 4 is 40.4 Å². The van der Waals surface area contributed by atoms with Crippen LogP contribution in [0.2, 0.25) is 5.02 Å². The van der Waals surface area contributed by atoms with Gasteiger partial charge in [-0.25, -0.2) is 0 Å². The Balaban J connectivity index is 1.43. The molecule has 1 aliphatic heterocycles. The molecule has 0 aromatic carbocycles. The number of carbonyl (C=O) groups excluding carboxylic acids is 1. The molecule has 0 atom stereocenters. The van der Waals surface area contributed by atoms with Gasteiger partial charge >= 0.3 is 0 Å². The predicted molar refractivity (Wildman–Crippen MR) is 94.8 cm³/mol. The number of rotatable bonds is 3. The number of halogens is 1. The number of pyridine rings is 1. The fraction of sp³-hybridized carbons (Fsp3) is 0.312. The first-order valence-corrected chi connectivity index (χ1v) is 9.02. The number of hydrogen-bond acceptors (Lipinski definition) is 5.